The molecule has 0 spiro atoms. The summed E-state index contributed by atoms with van der Waals surface area (Å²) in [6.45, 7) is 3.23. The van der Waals surface area contributed by atoms with E-state index in [9.17, 15) is 9.59 Å². The van der Waals surface area contributed by atoms with Gasteiger partial charge in [-0.15, -0.1) is 0 Å². The van der Waals surface area contributed by atoms with E-state index in [-0.39, 0.29) is 18.4 Å². The Hall–Kier alpha value is -3.74. The Balaban J connectivity index is 1.39. The van der Waals surface area contributed by atoms with Crippen LogP contribution in [0.1, 0.15) is 17.3 Å². The lowest BCUT2D eigenvalue weighted by atomic mass is 10.1. The maximum Gasteiger partial charge on any atom is 0.254 e. The SMILES string of the molecule is CCN(CC(=O)Nc1ccc2c(c1)OCCO2)C(=O)c1ccc(-n2cccc2)cc1. The predicted molar refractivity (Wildman–Crippen MR) is 113 cm³/mol. The molecule has 0 saturated heterocycles. The van der Waals surface area contributed by atoms with Gasteiger partial charge >= 0.3 is 0 Å². The van der Waals surface area contributed by atoms with Crippen LogP contribution in [0.5, 0.6) is 11.5 Å². The molecule has 2 amide bonds. The smallest absolute Gasteiger partial charge is 0.254 e. The van der Waals surface area contributed by atoms with Gasteiger partial charge in [0.15, 0.2) is 11.5 Å². The first kappa shape index (κ1) is 19.6. The van der Waals surface area contributed by atoms with Gasteiger partial charge in [-0.3, -0.25) is 9.59 Å². The molecule has 0 radical (unpaired) electrons. The third-order valence-electron chi connectivity index (χ3n) is 4.85. The van der Waals surface area contributed by atoms with E-state index in [0.717, 1.165) is 5.69 Å². The molecule has 30 heavy (non-hydrogen) atoms. The van der Waals surface area contributed by atoms with Gasteiger partial charge in [-0.2, -0.15) is 0 Å². The van der Waals surface area contributed by atoms with E-state index >= 15 is 0 Å². The average Bonchev–Trinajstić information content (AvgIpc) is 3.32. The van der Waals surface area contributed by atoms with Crippen LogP contribution < -0.4 is 14.8 Å². The molecule has 0 unspecified atom stereocenters. The maximum atomic E-state index is 12.9. The number of carbonyl (C=O) groups excluding carboxylic acids is 2. The lowest BCUT2D eigenvalue weighted by Gasteiger charge is -2.21. The van der Waals surface area contributed by atoms with E-state index in [1.165, 1.54) is 4.90 Å². The van der Waals surface area contributed by atoms with Gasteiger partial charge in [-0.1, -0.05) is 0 Å². The number of likely N-dealkylation sites (N-methyl/N-ethyl adjacent to an activating group) is 1. The molecular weight excluding hydrogens is 382 g/mol. The lowest BCUT2D eigenvalue weighted by molar-refractivity contribution is -0.116. The van der Waals surface area contributed by atoms with Crippen molar-refractivity contribution in [1.29, 1.82) is 0 Å². The topological polar surface area (TPSA) is 72.8 Å². The standard InChI is InChI=1S/C23H23N3O4/c1-2-25(23(28)17-5-8-19(9-6-17)26-11-3-4-12-26)16-22(27)24-18-7-10-20-21(15-18)30-14-13-29-20/h3-12,15H,2,13-14,16H2,1H3,(H,24,27). The number of benzene rings is 2. The predicted octanol–water partition coefficient (Wildman–Crippen LogP) is 3.35. The molecule has 7 heteroatoms. The summed E-state index contributed by atoms with van der Waals surface area (Å²) in [5.41, 5.74) is 2.11. The van der Waals surface area contributed by atoms with Crippen molar-refractivity contribution in [3.8, 4) is 17.2 Å². The lowest BCUT2D eigenvalue weighted by Crippen LogP contribution is -2.37. The molecular formula is C23H23N3O4. The van der Waals surface area contributed by atoms with Crippen molar-refractivity contribution < 1.29 is 19.1 Å². The summed E-state index contributed by atoms with van der Waals surface area (Å²) in [4.78, 5) is 26.9. The minimum atomic E-state index is -0.272. The first-order valence-electron chi connectivity index (χ1n) is 9.86. The molecule has 154 valence electrons. The fraction of sp³-hybridized carbons (Fsp3) is 0.217. The molecule has 0 aliphatic carbocycles. The Labute approximate surface area is 174 Å². The third-order valence-corrected chi connectivity index (χ3v) is 4.85. The minimum Gasteiger partial charge on any atom is -0.486 e. The van der Waals surface area contributed by atoms with Crippen molar-refractivity contribution >= 4 is 17.5 Å². The summed E-state index contributed by atoms with van der Waals surface area (Å²) in [5.74, 6) is 0.804. The van der Waals surface area contributed by atoms with Crippen molar-refractivity contribution in [3.63, 3.8) is 0 Å². The Morgan fingerprint density at radius 2 is 1.70 bits per heavy atom. The molecule has 1 aromatic heterocycles. The summed E-state index contributed by atoms with van der Waals surface area (Å²) in [5, 5.41) is 2.82. The quantitative estimate of drug-likeness (QED) is 0.683. The molecule has 0 fully saturated rings. The summed E-state index contributed by atoms with van der Waals surface area (Å²) in [7, 11) is 0. The number of anilines is 1. The fourth-order valence-corrected chi connectivity index (χ4v) is 3.29. The third kappa shape index (κ3) is 4.30. The molecule has 3 aromatic rings. The zero-order valence-electron chi connectivity index (χ0n) is 16.7. The highest BCUT2D eigenvalue weighted by atomic mass is 16.6. The molecule has 1 aliphatic rings. The van der Waals surface area contributed by atoms with Crippen LogP contribution in [0.25, 0.3) is 5.69 Å². The second-order valence-electron chi connectivity index (χ2n) is 6.86. The number of rotatable bonds is 6. The van der Waals surface area contributed by atoms with Gasteiger partial charge in [0, 0.05) is 41.9 Å². The van der Waals surface area contributed by atoms with E-state index in [4.69, 9.17) is 9.47 Å². The first-order valence-corrected chi connectivity index (χ1v) is 9.86. The number of fused-ring (bicyclic) bond motifs is 1. The summed E-state index contributed by atoms with van der Waals surface area (Å²) in [6.07, 6.45) is 3.88. The summed E-state index contributed by atoms with van der Waals surface area (Å²) < 4.78 is 13.0. The van der Waals surface area contributed by atoms with Crippen LogP contribution >= 0.6 is 0 Å². The Morgan fingerprint density at radius 1 is 1.00 bits per heavy atom. The molecule has 1 aliphatic heterocycles. The number of hydrogen-bond acceptors (Lipinski definition) is 4. The molecule has 1 N–H and O–H groups in total. The van der Waals surface area contributed by atoms with Crippen LogP contribution in [0.15, 0.2) is 67.0 Å². The second-order valence-corrected chi connectivity index (χ2v) is 6.86. The van der Waals surface area contributed by atoms with E-state index in [0.29, 0.717) is 42.5 Å². The number of nitrogens with one attached hydrogen (secondary N) is 1. The maximum absolute atomic E-state index is 12.9. The molecule has 2 heterocycles. The molecule has 0 bridgehead atoms. The van der Waals surface area contributed by atoms with E-state index in [1.807, 2.05) is 48.1 Å². The number of carbonyl (C=O) groups is 2. The Morgan fingerprint density at radius 3 is 2.40 bits per heavy atom. The van der Waals surface area contributed by atoms with Crippen LogP contribution in [-0.2, 0) is 4.79 Å². The van der Waals surface area contributed by atoms with Crippen LogP contribution in [0, 0.1) is 0 Å². The highest BCUT2D eigenvalue weighted by Crippen LogP contribution is 2.32. The fourth-order valence-electron chi connectivity index (χ4n) is 3.29. The van der Waals surface area contributed by atoms with Gasteiger partial charge in [-0.25, -0.2) is 0 Å². The van der Waals surface area contributed by atoms with Crippen molar-refractivity contribution in [3.05, 3.63) is 72.6 Å². The van der Waals surface area contributed by atoms with E-state index in [2.05, 4.69) is 5.32 Å². The van der Waals surface area contributed by atoms with Gasteiger partial charge in [0.25, 0.3) is 5.91 Å². The second kappa shape index (κ2) is 8.73. The molecule has 7 nitrogen and oxygen atoms in total. The van der Waals surface area contributed by atoms with Gasteiger partial charge < -0.3 is 24.3 Å². The summed E-state index contributed by atoms with van der Waals surface area (Å²) >= 11 is 0. The minimum absolute atomic E-state index is 0.0386. The number of aromatic nitrogens is 1. The van der Waals surface area contributed by atoms with Crippen LogP contribution in [0.2, 0.25) is 0 Å². The van der Waals surface area contributed by atoms with Crippen LogP contribution in [0.4, 0.5) is 5.69 Å². The normalized spacial score (nSPS) is 12.3. The zero-order chi connectivity index (χ0) is 20.9. The van der Waals surface area contributed by atoms with E-state index < -0.39 is 0 Å². The monoisotopic (exact) mass is 405 g/mol. The van der Waals surface area contributed by atoms with Gasteiger partial charge in [-0.05, 0) is 55.5 Å². The van der Waals surface area contributed by atoms with Gasteiger partial charge in [0.05, 0.1) is 0 Å². The number of nitrogens with zero attached hydrogens (tertiary/aromatic N) is 2. The molecule has 0 atom stereocenters. The highest BCUT2D eigenvalue weighted by molar-refractivity contribution is 5.99. The highest BCUT2D eigenvalue weighted by Gasteiger charge is 2.18. The van der Waals surface area contributed by atoms with Crippen molar-refractivity contribution in [2.24, 2.45) is 0 Å². The first-order chi connectivity index (χ1) is 14.6. The molecule has 0 saturated carbocycles. The van der Waals surface area contributed by atoms with Crippen molar-refractivity contribution in [2.75, 3.05) is 31.6 Å². The van der Waals surface area contributed by atoms with E-state index in [1.54, 1.807) is 30.3 Å². The number of ether oxygens (including phenoxy) is 2. The average molecular weight is 405 g/mol. The van der Waals surface area contributed by atoms with Gasteiger partial charge in [0.1, 0.15) is 19.8 Å². The molecule has 4 rings (SSSR count). The Bertz CT molecular complexity index is 1030. The van der Waals surface area contributed by atoms with Crippen molar-refractivity contribution in [1.82, 2.24) is 9.47 Å². The number of hydrogen-bond donors (Lipinski definition) is 1. The largest absolute Gasteiger partial charge is 0.486 e. The molecule has 2 aromatic carbocycles. The zero-order valence-corrected chi connectivity index (χ0v) is 16.7. The van der Waals surface area contributed by atoms with Crippen LogP contribution in [0.3, 0.4) is 0 Å². The Kier molecular flexibility index (Phi) is 5.70. The van der Waals surface area contributed by atoms with Crippen LogP contribution in [-0.4, -0.2) is 47.6 Å². The van der Waals surface area contributed by atoms with Gasteiger partial charge in [0.2, 0.25) is 5.91 Å². The number of amides is 2. The summed E-state index contributed by atoms with van der Waals surface area (Å²) in [6, 6.07) is 16.5. The van der Waals surface area contributed by atoms with Crippen molar-refractivity contribution in [2.45, 2.75) is 6.92 Å².